The van der Waals surface area contributed by atoms with Crippen LogP contribution < -0.4 is 5.73 Å². The van der Waals surface area contributed by atoms with Crippen LogP contribution in [0, 0.1) is 0 Å². The summed E-state index contributed by atoms with van der Waals surface area (Å²) in [6.07, 6.45) is 0. The van der Waals surface area contributed by atoms with E-state index in [-0.39, 0.29) is 10.6 Å². The summed E-state index contributed by atoms with van der Waals surface area (Å²) in [6, 6.07) is 9.86. The lowest BCUT2D eigenvalue weighted by Gasteiger charge is -2.09. The van der Waals surface area contributed by atoms with Crippen molar-refractivity contribution in [3.05, 3.63) is 46.4 Å². The molecule has 0 radical (unpaired) electrons. The van der Waals surface area contributed by atoms with Crippen molar-refractivity contribution in [1.82, 2.24) is 0 Å². The normalized spacial score (nSPS) is 11.6. The number of halogens is 2. The molecule has 0 heterocycles. The molecule has 0 saturated heterocycles. The van der Waals surface area contributed by atoms with E-state index in [9.17, 15) is 8.42 Å². The Morgan fingerprint density at radius 3 is 2.43 bits per heavy atom. The highest BCUT2D eigenvalue weighted by Crippen LogP contribution is 2.38. The van der Waals surface area contributed by atoms with Crippen LogP contribution in [0.2, 0.25) is 10.0 Å². The fourth-order valence-corrected chi connectivity index (χ4v) is 4.04. The van der Waals surface area contributed by atoms with Crippen molar-refractivity contribution in [1.29, 1.82) is 0 Å². The van der Waals surface area contributed by atoms with E-state index in [2.05, 4.69) is 0 Å². The molecule has 0 amide bonds. The van der Waals surface area contributed by atoms with Crippen LogP contribution in [0.3, 0.4) is 0 Å². The number of nitrogens with two attached hydrogens (primary N) is 1. The smallest absolute Gasteiger partial charge is 0.178 e. The molecule has 0 bridgehead atoms. The summed E-state index contributed by atoms with van der Waals surface area (Å²) in [5.74, 6) is 0.0387. The predicted molar refractivity (Wildman–Crippen MR) is 89.2 cm³/mol. The Bertz CT molecular complexity index is 777. The third-order valence-electron chi connectivity index (χ3n) is 2.84. The Hall–Kier alpha value is -0.880. The molecule has 0 saturated carbocycles. The van der Waals surface area contributed by atoms with Gasteiger partial charge in [-0.15, -0.1) is 0 Å². The summed E-state index contributed by atoms with van der Waals surface area (Å²) in [7, 11) is -3.26. The lowest BCUT2D eigenvalue weighted by atomic mass is 10.3. The van der Waals surface area contributed by atoms with E-state index in [0.717, 1.165) is 9.79 Å². The largest absolute Gasteiger partial charge is 0.398 e. The van der Waals surface area contributed by atoms with Gasteiger partial charge in [-0.1, -0.05) is 41.9 Å². The third-order valence-corrected chi connectivity index (χ3v) is 6.38. The zero-order valence-electron chi connectivity index (χ0n) is 11.1. The molecule has 21 heavy (non-hydrogen) atoms. The molecule has 0 unspecified atom stereocenters. The highest BCUT2D eigenvalue weighted by Gasteiger charge is 2.14. The number of sulfone groups is 1. The molecule has 0 fully saturated rings. The first-order valence-electron chi connectivity index (χ1n) is 6.08. The molecule has 2 aromatic rings. The number of rotatable bonds is 4. The Morgan fingerprint density at radius 1 is 1.10 bits per heavy atom. The van der Waals surface area contributed by atoms with Crippen molar-refractivity contribution in [2.45, 2.75) is 21.6 Å². The van der Waals surface area contributed by atoms with Crippen LogP contribution in [-0.2, 0) is 9.84 Å². The van der Waals surface area contributed by atoms with Crippen LogP contribution in [0.25, 0.3) is 0 Å². The van der Waals surface area contributed by atoms with Gasteiger partial charge in [0.15, 0.2) is 9.84 Å². The van der Waals surface area contributed by atoms with E-state index in [1.54, 1.807) is 37.3 Å². The van der Waals surface area contributed by atoms with Crippen LogP contribution >= 0.6 is 35.0 Å². The second-order valence-corrected chi connectivity index (χ2v) is 8.49. The van der Waals surface area contributed by atoms with Crippen molar-refractivity contribution in [2.24, 2.45) is 0 Å². The highest BCUT2D eigenvalue weighted by atomic mass is 35.5. The summed E-state index contributed by atoms with van der Waals surface area (Å²) in [4.78, 5) is 1.72. The van der Waals surface area contributed by atoms with E-state index < -0.39 is 9.84 Å². The molecule has 112 valence electrons. The molecular weight excluding hydrogens is 349 g/mol. The Balaban J connectivity index is 2.36. The van der Waals surface area contributed by atoms with Crippen LogP contribution in [0.1, 0.15) is 6.92 Å². The quantitative estimate of drug-likeness (QED) is 0.813. The number of benzene rings is 2. The maximum absolute atomic E-state index is 11.8. The van der Waals surface area contributed by atoms with E-state index in [1.165, 1.54) is 17.8 Å². The van der Waals surface area contributed by atoms with Gasteiger partial charge in [0.1, 0.15) is 0 Å². The highest BCUT2D eigenvalue weighted by molar-refractivity contribution is 7.99. The molecule has 0 aromatic heterocycles. The van der Waals surface area contributed by atoms with Crippen molar-refractivity contribution in [3.8, 4) is 0 Å². The van der Waals surface area contributed by atoms with E-state index >= 15 is 0 Å². The molecule has 0 aliphatic carbocycles. The maximum Gasteiger partial charge on any atom is 0.178 e. The molecule has 0 aliphatic heterocycles. The van der Waals surface area contributed by atoms with Crippen LogP contribution in [0.15, 0.2) is 51.1 Å². The van der Waals surface area contributed by atoms with Gasteiger partial charge < -0.3 is 5.73 Å². The average molecular weight is 362 g/mol. The zero-order chi connectivity index (χ0) is 15.6. The second-order valence-electron chi connectivity index (χ2n) is 4.28. The van der Waals surface area contributed by atoms with Gasteiger partial charge in [0.2, 0.25) is 0 Å². The number of nitrogen functional groups attached to an aromatic ring is 1. The summed E-state index contributed by atoms with van der Waals surface area (Å²) in [5, 5.41) is 0.946. The maximum atomic E-state index is 11.8. The van der Waals surface area contributed by atoms with Gasteiger partial charge >= 0.3 is 0 Å². The number of hydrogen-bond donors (Lipinski definition) is 1. The topological polar surface area (TPSA) is 60.2 Å². The predicted octanol–water partition coefficient (Wildman–Crippen LogP) is 4.52. The Labute approximate surface area is 138 Å². The minimum atomic E-state index is -3.26. The molecule has 0 spiro atoms. The minimum absolute atomic E-state index is 0.0387. The van der Waals surface area contributed by atoms with E-state index in [0.29, 0.717) is 15.7 Å². The summed E-state index contributed by atoms with van der Waals surface area (Å²) in [6.45, 7) is 1.60. The Morgan fingerprint density at radius 2 is 1.81 bits per heavy atom. The summed E-state index contributed by atoms with van der Waals surface area (Å²) >= 11 is 13.5. The fourth-order valence-electron chi connectivity index (χ4n) is 1.64. The average Bonchev–Trinajstić information content (AvgIpc) is 2.44. The SMILES string of the molecule is CCS(=O)(=O)c1ccc(Sc2cc(Cl)ccc2N)c(Cl)c1. The minimum Gasteiger partial charge on any atom is -0.398 e. The Kier molecular flexibility index (Phi) is 5.09. The molecule has 0 aliphatic rings. The molecule has 3 nitrogen and oxygen atoms in total. The standard InChI is InChI=1S/C14H13Cl2NO2S2/c1-2-21(18,19)10-4-6-13(11(16)8-10)20-14-7-9(15)3-5-12(14)17/h3-8H,2,17H2,1H3. The van der Waals surface area contributed by atoms with Gasteiger partial charge in [0.25, 0.3) is 0 Å². The van der Waals surface area contributed by atoms with Crippen molar-refractivity contribution >= 4 is 50.5 Å². The van der Waals surface area contributed by atoms with Gasteiger partial charge in [0, 0.05) is 20.5 Å². The molecule has 7 heteroatoms. The number of hydrogen-bond acceptors (Lipinski definition) is 4. The van der Waals surface area contributed by atoms with Crippen molar-refractivity contribution in [2.75, 3.05) is 11.5 Å². The van der Waals surface area contributed by atoms with E-state index in [4.69, 9.17) is 28.9 Å². The molecule has 0 atom stereocenters. The van der Waals surface area contributed by atoms with Gasteiger partial charge in [-0.05, 0) is 36.4 Å². The molecule has 2 aromatic carbocycles. The fraction of sp³-hybridized carbons (Fsp3) is 0.143. The number of anilines is 1. The second kappa shape index (κ2) is 6.48. The van der Waals surface area contributed by atoms with Gasteiger partial charge in [-0.25, -0.2) is 8.42 Å². The lowest BCUT2D eigenvalue weighted by molar-refractivity contribution is 0.597. The lowest BCUT2D eigenvalue weighted by Crippen LogP contribution is -2.03. The van der Waals surface area contributed by atoms with E-state index in [1.807, 2.05) is 0 Å². The zero-order valence-corrected chi connectivity index (χ0v) is 14.3. The first kappa shape index (κ1) is 16.5. The first-order valence-corrected chi connectivity index (χ1v) is 9.31. The van der Waals surface area contributed by atoms with Crippen LogP contribution in [0.4, 0.5) is 5.69 Å². The molecule has 2 rings (SSSR count). The van der Waals surface area contributed by atoms with Crippen molar-refractivity contribution in [3.63, 3.8) is 0 Å². The molecular formula is C14H13Cl2NO2S2. The van der Waals surface area contributed by atoms with Gasteiger partial charge in [-0.2, -0.15) is 0 Å². The third kappa shape index (κ3) is 3.86. The molecule has 2 N–H and O–H groups in total. The first-order chi connectivity index (χ1) is 9.83. The monoisotopic (exact) mass is 361 g/mol. The van der Waals surface area contributed by atoms with Crippen LogP contribution in [0.5, 0.6) is 0 Å². The summed E-state index contributed by atoms with van der Waals surface area (Å²) < 4.78 is 23.6. The van der Waals surface area contributed by atoms with Crippen molar-refractivity contribution < 1.29 is 8.42 Å². The van der Waals surface area contributed by atoms with Gasteiger partial charge in [-0.3, -0.25) is 0 Å². The van der Waals surface area contributed by atoms with Gasteiger partial charge in [0.05, 0.1) is 15.7 Å². The van der Waals surface area contributed by atoms with Crippen LogP contribution in [-0.4, -0.2) is 14.2 Å². The summed E-state index contributed by atoms with van der Waals surface area (Å²) in [5.41, 5.74) is 6.48.